The fourth-order valence-corrected chi connectivity index (χ4v) is 4.28. The largest absolute Gasteiger partial charge is 0.507 e. The molecule has 0 saturated carbocycles. The lowest BCUT2D eigenvalue weighted by Gasteiger charge is -2.26. The Morgan fingerprint density at radius 3 is 2.58 bits per heavy atom. The Bertz CT molecular complexity index is 1060. The lowest BCUT2D eigenvalue weighted by Crippen LogP contribution is -2.32. The smallest absolute Gasteiger partial charge is 0.295 e. The van der Waals surface area contributed by atoms with Crippen LogP contribution in [0.2, 0.25) is 0 Å². The first-order chi connectivity index (χ1) is 15.7. The maximum absolute atomic E-state index is 13.2. The molecule has 7 nitrogen and oxygen atoms in total. The van der Waals surface area contributed by atoms with Gasteiger partial charge in [0.05, 0.1) is 18.7 Å². The van der Waals surface area contributed by atoms with Gasteiger partial charge in [-0.25, -0.2) is 0 Å². The number of benzene rings is 1. The van der Waals surface area contributed by atoms with E-state index in [-0.39, 0.29) is 17.3 Å². The number of aliphatic hydroxyl groups is 1. The number of pyridine rings is 1. The molecule has 3 rings (SSSR count). The summed E-state index contributed by atoms with van der Waals surface area (Å²) in [4.78, 5) is 34.0. The van der Waals surface area contributed by atoms with Crippen LogP contribution in [-0.4, -0.2) is 65.9 Å². The molecule has 176 valence electrons. The van der Waals surface area contributed by atoms with Gasteiger partial charge in [-0.3, -0.25) is 14.6 Å². The Labute approximate surface area is 195 Å². The highest BCUT2D eigenvalue weighted by Gasteiger charge is 2.46. The van der Waals surface area contributed by atoms with E-state index < -0.39 is 17.7 Å². The van der Waals surface area contributed by atoms with Crippen LogP contribution in [0.25, 0.3) is 5.76 Å². The number of hydrogen-bond acceptors (Lipinski definition) is 6. The number of Topliss-reactive ketones (excluding diaryl/α,β-unsaturated/α-hetero) is 1. The molecule has 1 amide bonds. The Balaban J connectivity index is 2.17. The summed E-state index contributed by atoms with van der Waals surface area (Å²) in [6.45, 7) is 7.11. The van der Waals surface area contributed by atoms with Crippen LogP contribution < -0.4 is 4.74 Å². The molecule has 1 unspecified atom stereocenters. The minimum Gasteiger partial charge on any atom is -0.507 e. The van der Waals surface area contributed by atoms with Gasteiger partial charge in [-0.05, 0) is 74.8 Å². The second kappa shape index (κ2) is 10.2. The SMILES string of the molecule is COc1cc(C)c(/C(O)=C2\C(=O)C(=O)N(CCCN(C)C)C2c2cccnc2)cc1C(C)C. The molecule has 0 radical (unpaired) electrons. The number of ether oxygens (including phenoxy) is 1. The van der Waals surface area contributed by atoms with E-state index in [2.05, 4.69) is 4.98 Å². The van der Waals surface area contributed by atoms with Gasteiger partial charge in [0, 0.05) is 24.5 Å². The van der Waals surface area contributed by atoms with Crippen LogP contribution in [0.1, 0.15) is 54.5 Å². The predicted molar refractivity (Wildman–Crippen MR) is 128 cm³/mol. The molecule has 1 N–H and O–H groups in total. The molecule has 1 fully saturated rings. The van der Waals surface area contributed by atoms with Crippen molar-refractivity contribution in [3.63, 3.8) is 0 Å². The molecule has 1 aromatic carbocycles. The summed E-state index contributed by atoms with van der Waals surface area (Å²) in [5, 5.41) is 11.4. The van der Waals surface area contributed by atoms with Crippen molar-refractivity contribution >= 4 is 17.4 Å². The predicted octanol–water partition coefficient (Wildman–Crippen LogP) is 3.90. The molecule has 1 aromatic heterocycles. The second-order valence-corrected chi connectivity index (χ2v) is 9.00. The van der Waals surface area contributed by atoms with E-state index in [9.17, 15) is 14.7 Å². The molecule has 7 heteroatoms. The van der Waals surface area contributed by atoms with Crippen molar-refractivity contribution in [1.82, 2.24) is 14.8 Å². The van der Waals surface area contributed by atoms with E-state index in [1.807, 2.05) is 58.0 Å². The maximum Gasteiger partial charge on any atom is 0.295 e. The number of carbonyl (C=O) groups excluding carboxylic acids is 2. The van der Waals surface area contributed by atoms with Crippen molar-refractivity contribution in [3.8, 4) is 5.75 Å². The van der Waals surface area contributed by atoms with Gasteiger partial charge in [0.2, 0.25) is 0 Å². The van der Waals surface area contributed by atoms with E-state index >= 15 is 0 Å². The molecule has 2 aromatic rings. The number of amides is 1. The van der Waals surface area contributed by atoms with Crippen LogP contribution in [-0.2, 0) is 9.59 Å². The molecular weight excluding hydrogens is 418 g/mol. The number of methoxy groups -OCH3 is 1. The summed E-state index contributed by atoms with van der Waals surface area (Å²) in [7, 11) is 5.54. The van der Waals surface area contributed by atoms with Gasteiger partial charge in [0.15, 0.2) is 0 Å². The molecule has 0 spiro atoms. The zero-order valence-electron chi connectivity index (χ0n) is 20.3. The Morgan fingerprint density at radius 1 is 1.27 bits per heavy atom. The summed E-state index contributed by atoms with van der Waals surface area (Å²) in [6, 6.07) is 6.62. The van der Waals surface area contributed by atoms with Crippen LogP contribution in [0, 0.1) is 6.92 Å². The lowest BCUT2D eigenvalue weighted by molar-refractivity contribution is -0.139. The third-order valence-electron chi connectivity index (χ3n) is 6.00. The second-order valence-electron chi connectivity index (χ2n) is 9.00. The number of nitrogens with zero attached hydrogens (tertiary/aromatic N) is 3. The van der Waals surface area contributed by atoms with Crippen LogP contribution in [0.5, 0.6) is 5.75 Å². The third-order valence-corrected chi connectivity index (χ3v) is 6.00. The quantitative estimate of drug-likeness (QED) is 0.372. The van der Waals surface area contributed by atoms with E-state index in [0.717, 1.165) is 23.4 Å². The first-order valence-corrected chi connectivity index (χ1v) is 11.2. The number of aryl methyl sites for hydroxylation is 1. The van der Waals surface area contributed by atoms with E-state index in [1.54, 1.807) is 30.5 Å². The van der Waals surface area contributed by atoms with Gasteiger partial charge in [0.1, 0.15) is 11.5 Å². The fourth-order valence-electron chi connectivity index (χ4n) is 4.28. The molecule has 2 heterocycles. The van der Waals surface area contributed by atoms with Crippen molar-refractivity contribution in [2.24, 2.45) is 0 Å². The van der Waals surface area contributed by atoms with Gasteiger partial charge < -0.3 is 19.6 Å². The summed E-state index contributed by atoms with van der Waals surface area (Å²) in [6.07, 6.45) is 3.99. The van der Waals surface area contributed by atoms with E-state index in [4.69, 9.17) is 4.74 Å². The van der Waals surface area contributed by atoms with Crippen LogP contribution in [0.3, 0.4) is 0 Å². The standard InChI is InChI=1S/C26H33N3O4/c1-16(2)19-14-20(17(3)13-21(19)33-6)24(30)22-23(18-9-7-10-27-15-18)29(26(32)25(22)31)12-8-11-28(4)5/h7,9-10,13-16,23,30H,8,11-12H2,1-6H3/b24-22+. The topological polar surface area (TPSA) is 83.0 Å². The number of likely N-dealkylation sites (tertiary alicyclic amines) is 1. The molecule has 1 aliphatic heterocycles. The number of rotatable bonds is 8. The highest BCUT2D eigenvalue weighted by molar-refractivity contribution is 6.46. The Hall–Kier alpha value is -3.19. The minimum absolute atomic E-state index is 0.0980. The first-order valence-electron chi connectivity index (χ1n) is 11.2. The summed E-state index contributed by atoms with van der Waals surface area (Å²) >= 11 is 0. The van der Waals surface area contributed by atoms with Crippen LogP contribution >= 0.6 is 0 Å². The summed E-state index contributed by atoms with van der Waals surface area (Å²) < 4.78 is 5.52. The van der Waals surface area contributed by atoms with E-state index in [1.165, 1.54) is 0 Å². The fraction of sp³-hybridized carbons (Fsp3) is 0.423. The van der Waals surface area contributed by atoms with Crippen molar-refractivity contribution in [2.75, 3.05) is 34.3 Å². The minimum atomic E-state index is -0.690. The number of hydrogen-bond donors (Lipinski definition) is 1. The van der Waals surface area contributed by atoms with Crippen molar-refractivity contribution in [1.29, 1.82) is 0 Å². The number of ketones is 1. The molecular formula is C26H33N3O4. The monoisotopic (exact) mass is 451 g/mol. The van der Waals surface area contributed by atoms with E-state index in [0.29, 0.717) is 24.1 Å². The molecule has 0 bridgehead atoms. The normalized spacial score (nSPS) is 17.9. The van der Waals surface area contributed by atoms with Crippen LogP contribution in [0.4, 0.5) is 0 Å². The van der Waals surface area contributed by atoms with Crippen molar-refractivity contribution in [3.05, 3.63) is 64.5 Å². The summed E-state index contributed by atoms with van der Waals surface area (Å²) in [5.41, 5.74) is 3.00. The molecule has 33 heavy (non-hydrogen) atoms. The number of aromatic nitrogens is 1. The van der Waals surface area contributed by atoms with Crippen LogP contribution in [0.15, 0.2) is 42.2 Å². The molecule has 1 saturated heterocycles. The zero-order valence-corrected chi connectivity index (χ0v) is 20.3. The highest BCUT2D eigenvalue weighted by Crippen LogP contribution is 2.41. The number of carbonyl (C=O) groups is 2. The zero-order chi connectivity index (χ0) is 24.3. The van der Waals surface area contributed by atoms with Gasteiger partial charge in [0.25, 0.3) is 11.7 Å². The maximum atomic E-state index is 13.2. The average molecular weight is 452 g/mol. The first kappa shape index (κ1) is 24.5. The van der Waals surface area contributed by atoms with Gasteiger partial charge in [-0.1, -0.05) is 19.9 Å². The van der Waals surface area contributed by atoms with Crippen molar-refractivity contribution < 1.29 is 19.4 Å². The lowest BCUT2D eigenvalue weighted by atomic mass is 9.91. The Morgan fingerprint density at radius 2 is 2.00 bits per heavy atom. The van der Waals surface area contributed by atoms with Gasteiger partial charge in [-0.2, -0.15) is 0 Å². The van der Waals surface area contributed by atoms with Crippen molar-refractivity contribution in [2.45, 2.75) is 39.2 Å². The molecule has 1 atom stereocenters. The van der Waals surface area contributed by atoms with Gasteiger partial charge in [-0.15, -0.1) is 0 Å². The molecule has 1 aliphatic rings. The molecule has 0 aliphatic carbocycles. The highest BCUT2D eigenvalue weighted by atomic mass is 16.5. The summed E-state index contributed by atoms with van der Waals surface area (Å²) in [5.74, 6) is -0.562. The van der Waals surface area contributed by atoms with Gasteiger partial charge >= 0.3 is 0 Å². The average Bonchev–Trinajstić information content (AvgIpc) is 3.03. The number of aliphatic hydroxyl groups excluding tert-OH is 1. The Kier molecular flexibility index (Phi) is 7.53. The third kappa shape index (κ3) is 4.93.